The van der Waals surface area contributed by atoms with Crippen LogP contribution in [0.25, 0.3) is 11.1 Å². The molecule has 0 bridgehead atoms. The minimum absolute atomic E-state index is 0.110. The highest BCUT2D eigenvalue weighted by atomic mass is 32.2. The Morgan fingerprint density at radius 2 is 1.63 bits per heavy atom. The molecule has 2 atom stereocenters. The summed E-state index contributed by atoms with van der Waals surface area (Å²) in [6.07, 6.45) is 0.806. The summed E-state index contributed by atoms with van der Waals surface area (Å²) in [5, 5.41) is 9.15. The number of benzene rings is 2. The Hall–Kier alpha value is -2.24. The second kappa shape index (κ2) is 9.11. The molecule has 5 heteroatoms. The van der Waals surface area contributed by atoms with Gasteiger partial charge in [0.25, 0.3) is 0 Å². The molecular weight excluding hydrogens is 358 g/mol. The summed E-state index contributed by atoms with van der Waals surface area (Å²) in [6, 6.07) is 18.0. The summed E-state index contributed by atoms with van der Waals surface area (Å²) in [6.45, 7) is 9.27. The number of nitrogens with one attached hydrogen (secondary N) is 1. The summed E-state index contributed by atoms with van der Waals surface area (Å²) < 4.78 is 15.1. The molecule has 2 aromatic carbocycles. The lowest BCUT2D eigenvalue weighted by molar-refractivity contribution is -0.132. The van der Waals surface area contributed by atoms with Crippen LogP contribution in [0, 0.1) is 0 Å². The third-order valence-corrected chi connectivity index (χ3v) is 5.83. The fourth-order valence-corrected chi connectivity index (χ4v) is 3.44. The smallest absolute Gasteiger partial charge is 0.331 e. The van der Waals surface area contributed by atoms with Gasteiger partial charge < -0.3 is 5.11 Å². The maximum atomic E-state index is 12.5. The summed E-state index contributed by atoms with van der Waals surface area (Å²) >= 11 is 0. The number of carboxylic acid groups (broad SMARTS) is 1. The van der Waals surface area contributed by atoms with Gasteiger partial charge in [-0.25, -0.2) is 13.7 Å². The highest BCUT2D eigenvalue weighted by molar-refractivity contribution is 7.84. The summed E-state index contributed by atoms with van der Waals surface area (Å²) in [5.74, 6) is -1.03. The Bertz CT molecular complexity index is 808. The van der Waals surface area contributed by atoms with E-state index in [0.717, 1.165) is 16.7 Å². The van der Waals surface area contributed by atoms with Gasteiger partial charge in [0.1, 0.15) is 0 Å². The van der Waals surface area contributed by atoms with Crippen molar-refractivity contribution in [3.05, 3.63) is 72.3 Å². The summed E-state index contributed by atoms with van der Waals surface area (Å²) in [4.78, 5) is 11.2. The summed E-state index contributed by atoms with van der Waals surface area (Å²) in [7, 11) is -1.29. The zero-order valence-corrected chi connectivity index (χ0v) is 16.9. The Kier molecular flexibility index (Phi) is 7.11. The third kappa shape index (κ3) is 6.45. The van der Waals surface area contributed by atoms with Crippen molar-refractivity contribution >= 4 is 17.0 Å². The molecule has 0 saturated carbocycles. The quantitative estimate of drug-likeness (QED) is 0.664. The van der Waals surface area contributed by atoms with Crippen molar-refractivity contribution in [2.24, 2.45) is 0 Å². The fourth-order valence-electron chi connectivity index (χ4n) is 2.62. The van der Waals surface area contributed by atoms with E-state index in [4.69, 9.17) is 5.11 Å². The number of hydrogen-bond donors (Lipinski definition) is 2. The zero-order chi connectivity index (χ0) is 20.0. The van der Waals surface area contributed by atoms with Gasteiger partial charge in [-0.15, -0.1) is 0 Å². The predicted molar refractivity (Wildman–Crippen MR) is 112 cm³/mol. The zero-order valence-electron chi connectivity index (χ0n) is 16.1. The van der Waals surface area contributed by atoms with Gasteiger partial charge in [0.05, 0.1) is 15.7 Å². The molecule has 27 heavy (non-hydrogen) atoms. The molecule has 0 radical (unpaired) electrons. The minimum atomic E-state index is -1.29. The molecule has 0 heterocycles. The highest BCUT2D eigenvalue weighted by Gasteiger charge is 2.24. The van der Waals surface area contributed by atoms with Gasteiger partial charge in [-0.2, -0.15) is 0 Å². The van der Waals surface area contributed by atoms with Crippen LogP contribution in [0.15, 0.2) is 66.7 Å². The molecule has 2 rings (SSSR count). The Morgan fingerprint density at radius 1 is 1.07 bits per heavy atom. The normalized spacial score (nSPS) is 13.7. The Morgan fingerprint density at radius 3 is 2.15 bits per heavy atom. The van der Waals surface area contributed by atoms with E-state index in [-0.39, 0.29) is 18.0 Å². The van der Waals surface area contributed by atoms with Crippen molar-refractivity contribution in [3.63, 3.8) is 0 Å². The van der Waals surface area contributed by atoms with E-state index in [1.807, 2.05) is 51.1 Å². The van der Waals surface area contributed by atoms with Crippen molar-refractivity contribution in [3.8, 4) is 11.1 Å². The van der Waals surface area contributed by atoms with Gasteiger partial charge in [-0.05, 0) is 50.3 Å². The van der Waals surface area contributed by atoms with E-state index < -0.39 is 21.7 Å². The third-order valence-electron chi connectivity index (χ3n) is 4.17. The van der Waals surface area contributed by atoms with Crippen LogP contribution in [0.1, 0.15) is 32.8 Å². The van der Waals surface area contributed by atoms with E-state index in [0.29, 0.717) is 6.42 Å². The first-order chi connectivity index (χ1) is 12.7. The Labute approximate surface area is 163 Å². The van der Waals surface area contributed by atoms with Crippen LogP contribution in [-0.2, 0) is 22.2 Å². The van der Waals surface area contributed by atoms with Gasteiger partial charge >= 0.3 is 5.97 Å². The number of aliphatic carboxylic acids is 1. The maximum Gasteiger partial charge on any atom is 0.331 e. The predicted octanol–water partition coefficient (Wildman–Crippen LogP) is 4.35. The minimum Gasteiger partial charge on any atom is -0.478 e. The molecule has 0 saturated heterocycles. The number of rotatable bonds is 8. The second-order valence-electron chi connectivity index (χ2n) is 7.58. The molecule has 0 aliphatic carbocycles. The van der Waals surface area contributed by atoms with Crippen LogP contribution in [-0.4, -0.2) is 26.1 Å². The lowest BCUT2D eigenvalue weighted by atomic mass is 9.98. The molecule has 0 amide bonds. The molecule has 0 spiro atoms. The molecule has 2 N–H and O–H groups in total. The van der Waals surface area contributed by atoms with Gasteiger partial charge in [0.2, 0.25) is 0 Å². The van der Waals surface area contributed by atoms with Crippen molar-refractivity contribution in [1.29, 1.82) is 0 Å². The second-order valence-corrected chi connectivity index (χ2v) is 9.57. The highest BCUT2D eigenvalue weighted by Crippen LogP contribution is 2.21. The standard InChI is InChI=1S/C22H27NO3S/c1-16(21(24)25)14-20(23-27(26)22(2,3)4)15-17-10-12-19(13-11-17)18-8-6-5-7-9-18/h5-13,20,23H,1,14-15H2,2-4H3,(H,24,25)/t20-,27?/m0/s1. The molecule has 144 valence electrons. The molecule has 2 aromatic rings. The van der Waals surface area contributed by atoms with E-state index in [1.165, 1.54) is 0 Å². The first kappa shape index (κ1) is 21.1. The van der Waals surface area contributed by atoms with Gasteiger partial charge in [0, 0.05) is 11.6 Å². The largest absolute Gasteiger partial charge is 0.478 e. The topological polar surface area (TPSA) is 66.4 Å². The monoisotopic (exact) mass is 385 g/mol. The fraction of sp³-hybridized carbons (Fsp3) is 0.318. The van der Waals surface area contributed by atoms with Gasteiger partial charge in [-0.3, -0.25) is 0 Å². The number of carbonyl (C=O) groups is 1. The van der Waals surface area contributed by atoms with Crippen LogP contribution in [0.5, 0.6) is 0 Å². The molecule has 0 aliphatic heterocycles. The van der Waals surface area contributed by atoms with Crippen molar-refractivity contribution in [1.82, 2.24) is 4.72 Å². The SMILES string of the molecule is C=C(C[C@@H](Cc1ccc(-c2ccccc2)cc1)NS(=O)C(C)(C)C)C(=O)O. The number of carboxylic acids is 1. The van der Waals surface area contributed by atoms with Crippen LogP contribution < -0.4 is 4.72 Å². The van der Waals surface area contributed by atoms with E-state index in [2.05, 4.69) is 35.6 Å². The molecule has 1 unspecified atom stereocenters. The average molecular weight is 386 g/mol. The van der Waals surface area contributed by atoms with Gasteiger partial charge in [0.15, 0.2) is 0 Å². The van der Waals surface area contributed by atoms with Crippen LogP contribution >= 0.6 is 0 Å². The van der Waals surface area contributed by atoms with Crippen LogP contribution in [0.2, 0.25) is 0 Å². The van der Waals surface area contributed by atoms with Crippen molar-refractivity contribution in [2.45, 2.75) is 44.4 Å². The van der Waals surface area contributed by atoms with Crippen LogP contribution in [0.3, 0.4) is 0 Å². The van der Waals surface area contributed by atoms with Crippen LogP contribution in [0.4, 0.5) is 0 Å². The molecule has 0 aliphatic rings. The first-order valence-corrected chi connectivity index (χ1v) is 10.1. The summed E-state index contributed by atoms with van der Waals surface area (Å²) in [5.41, 5.74) is 3.43. The van der Waals surface area contributed by atoms with Gasteiger partial charge in [-0.1, -0.05) is 61.2 Å². The molecule has 4 nitrogen and oxygen atoms in total. The van der Waals surface area contributed by atoms with E-state index >= 15 is 0 Å². The molecule has 0 aromatic heterocycles. The number of hydrogen-bond acceptors (Lipinski definition) is 2. The molecule has 0 fully saturated rings. The van der Waals surface area contributed by atoms with E-state index in [9.17, 15) is 9.00 Å². The van der Waals surface area contributed by atoms with Crippen molar-refractivity contribution < 1.29 is 14.1 Å². The van der Waals surface area contributed by atoms with E-state index in [1.54, 1.807) is 0 Å². The lowest BCUT2D eigenvalue weighted by Crippen LogP contribution is -2.41. The molecular formula is C22H27NO3S. The lowest BCUT2D eigenvalue weighted by Gasteiger charge is -2.24. The first-order valence-electron chi connectivity index (χ1n) is 8.90. The average Bonchev–Trinajstić information content (AvgIpc) is 2.62. The Balaban J connectivity index is 2.14. The van der Waals surface area contributed by atoms with Crippen molar-refractivity contribution in [2.75, 3.05) is 0 Å². The maximum absolute atomic E-state index is 12.5.